The molecule has 1 aliphatic carbocycles. The molecule has 1 amide bonds. The predicted octanol–water partition coefficient (Wildman–Crippen LogP) is 3.09. The maximum atomic E-state index is 12.0. The average molecular weight is 267 g/mol. The van der Waals surface area contributed by atoms with Gasteiger partial charge in [-0.1, -0.05) is 31.4 Å². The van der Waals surface area contributed by atoms with E-state index in [0.717, 1.165) is 6.54 Å². The topological polar surface area (TPSA) is 55.1 Å². The number of hydrogen-bond acceptors (Lipinski definition) is 2. The van der Waals surface area contributed by atoms with E-state index in [-0.39, 0.29) is 5.91 Å². The predicted molar refractivity (Wildman–Crippen MR) is 74.7 cm³/mol. The van der Waals surface area contributed by atoms with Gasteiger partial charge in [-0.2, -0.15) is 0 Å². The minimum absolute atomic E-state index is 0.133. The molecule has 0 spiro atoms. The first-order valence-corrected chi connectivity index (χ1v) is 6.79. The van der Waals surface area contributed by atoms with Crippen LogP contribution in [-0.2, 0) is 0 Å². The van der Waals surface area contributed by atoms with Gasteiger partial charge in [-0.3, -0.25) is 4.79 Å². The number of carbonyl (C=O) groups is 1. The standard InChI is InChI=1S/C14H19ClN2O/c1-9-3-2-4-10(9)8-17-14(18)12-7-11(16)5-6-13(12)15/h5-7,9-10H,2-4,8,16H2,1H3,(H,17,18). The quantitative estimate of drug-likeness (QED) is 0.826. The van der Waals surface area contributed by atoms with E-state index < -0.39 is 0 Å². The van der Waals surface area contributed by atoms with Gasteiger partial charge in [0.2, 0.25) is 0 Å². The number of nitrogens with two attached hydrogens (primary N) is 1. The zero-order valence-electron chi connectivity index (χ0n) is 10.6. The highest BCUT2D eigenvalue weighted by Gasteiger charge is 2.23. The number of amides is 1. The monoisotopic (exact) mass is 266 g/mol. The van der Waals surface area contributed by atoms with E-state index in [2.05, 4.69) is 12.2 Å². The number of rotatable bonds is 3. The van der Waals surface area contributed by atoms with Crippen molar-refractivity contribution in [1.29, 1.82) is 0 Å². The Kier molecular flexibility index (Phi) is 4.12. The molecule has 0 radical (unpaired) electrons. The van der Waals surface area contributed by atoms with E-state index in [4.69, 9.17) is 17.3 Å². The summed E-state index contributed by atoms with van der Waals surface area (Å²) < 4.78 is 0. The zero-order chi connectivity index (χ0) is 13.1. The highest BCUT2D eigenvalue weighted by molar-refractivity contribution is 6.34. The van der Waals surface area contributed by atoms with E-state index in [0.29, 0.717) is 28.1 Å². The van der Waals surface area contributed by atoms with E-state index in [1.807, 2.05) is 0 Å². The Morgan fingerprint density at radius 3 is 2.94 bits per heavy atom. The first-order chi connectivity index (χ1) is 8.58. The molecule has 4 heteroatoms. The summed E-state index contributed by atoms with van der Waals surface area (Å²) in [7, 11) is 0. The molecule has 3 nitrogen and oxygen atoms in total. The summed E-state index contributed by atoms with van der Waals surface area (Å²) in [6, 6.07) is 4.97. The van der Waals surface area contributed by atoms with Crippen LogP contribution >= 0.6 is 11.6 Å². The Bertz CT molecular complexity index is 447. The van der Waals surface area contributed by atoms with Crippen LogP contribution in [0.1, 0.15) is 36.5 Å². The molecule has 2 atom stereocenters. The van der Waals surface area contributed by atoms with Crippen LogP contribution in [0.2, 0.25) is 5.02 Å². The first kappa shape index (κ1) is 13.2. The highest BCUT2D eigenvalue weighted by Crippen LogP contribution is 2.30. The fourth-order valence-electron chi connectivity index (χ4n) is 2.56. The summed E-state index contributed by atoms with van der Waals surface area (Å²) in [5.74, 6) is 1.15. The zero-order valence-corrected chi connectivity index (χ0v) is 11.3. The lowest BCUT2D eigenvalue weighted by Crippen LogP contribution is -2.30. The van der Waals surface area contributed by atoms with Crippen molar-refractivity contribution in [2.75, 3.05) is 12.3 Å². The van der Waals surface area contributed by atoms with Crippen LogP contribution in [0.15, 0.2) is 18.2 Å². The van der Waals surface area contributed by atoms with Gasteiger partial charge in [0, 0.05) is 12.2 Å². The number of benzene rings is 1. The minimum Gasteiger partial charge on any atom is -0.399 e. The third-order valence-corrected chi connectivity index (χ3v) is 4.13. The van der Waals surface area contributed by atoms with Crippen LogP contribution in [0.25, 0.3) is 0 Å². The van der Waals surface area contributed by atoms with Gasteiger partial charge in [-0.05, 0) is 36.5 Å². The molecule has 1 aromatic carbocycles. The third-order valence-electron chi connectivity index (χ3n) is 3.80. The Labute approximate surface area is 113 Å². The van der Waals surface area contributed by atoms with Gasteiger partial charge in [-0.25, -0.2) is 0 Å². The van der Waals surface area contributed by atoms with Crippen LogP contribution < -0.4 is 11.1 Å². The molecule has 3 N–H and O–H groups in total. The number of nitrogens with one attached hydrogen (secondary N) is 1. The Balaban J connectivity index is 1.97. The van der Waals surface area contributed by atoms with Gasteiger partial charge in [0.05, 0.1) is 10.6 Å². The van der Waals surface area contributed by atoms with Crippen molar-refractivity contribution in [1.82, 2.24) is 5.32 Å². The second kappa shape index (κ2) is 5.61. The fourth-order valence-corrected chi connectivity index (χ4v) is 2.76. The molecular formula is C14H19ClN2O. The lowest BCUT2D eigenvalue weighted by Gasteiger charge is -2.16. The van der Waals surface area contributed by atoms with Crippen LogP contribution in [0.3, 0.4) is 0 Å². The van der Waals surface area contributed by atoms with Crippen LogP contribution in [-0.4, -0.2) is 12.5 Å². The Hall–Kier alpha value is -1.22. The van der Waals surface area contributed by atoms with Crippen molar-refractivity contribution < 1.29 is 4.79 Å². The molecule has 0 saturated heterocycles. The van der Waals surface area contributed by atoms with E-state index in [1.54, 1.807) is 18.2 Å². The van der Waals surface area contributed by atoms with Gasteiger partial charge in [-0.15, -0.1) is 0 Å². The number of hydrogen-bond donors (Lipinski definition) is 2. The van der Waals surface area contributed by atoms with Crippen molar-refractivity contribution in [3.05, 3.63) is 28.8 Å². The molecule has 2 rings (SSSR count). The number of anilines is 1. The maximum Gasteiger partial charge on any atom is 0.252 e. The van der Waals surface area contributed by atoms with Crippen LogP contribution in [0.4, 0.5) is 5.69 Å². The van der Waals surface area contributed by atoms with Gasteiger partial charge < -0.3 is 11.1 Å². The van der Waals surface area contributed by atoms with Gasteiger partial charge in [0.15, 0.2) is 0 Å². The number of carbonyl (C=O) groups excluding carboxylic acids is 1. The largest absolute Gasteiger partial charge is 0.399 e. The third kappa shape index (κ3) is 2.96. The van der Waals surface area contributed by atoms with Gasteiger partial charge in [0.1, 0.15) is 0 Å². The molecule has 1 saturated carbocycles. The van der Waals surface area contributed by atoms with Crippen molar-refractivity contribution in [2.45, 2.75) is 26.2 Å². The molecule has 98 valence electrons. The van der Waals surface area contributed by atoms with Crippen LogP contribution in [0.5, 0.6) is 0 Å². The van der Waals surface area contributed by atoms with Gasteiger partial charge >= 0.3 is 0 Å². The summed E-state index contributed by atoms with van der Waals surface area (Å²) in [4.78, 5) is 12.0. The van der Waals surface area contributed by atoms with E-state index in [1.165, 1.54) is 19.3 Å². The number of nitrogen functional groups attached to an aromatic ring is 1. The Morgan fingerprint density at radius 2 is 2.28 bits per heavy atom. The van der Waals surface area contributed by atoms with Crippen molar-refractivity contribution >= 4 is 23.2 Å². The maximum absolute atomic E-state index is 12.0. The molecule has 1 aromatic rings. The summed E-state index contributed by atoms with van der Waals surface area (Å²) in [5.41, 5.74) is 6.68. The summed E-state index contributed by atoms with van der Waals surface area (Å²) in [5, 5.41) is 3.41. The lowest BCUT2D eigenvalue weighted by atomic mass is 9.98. The van der Waals surface area contributed by atoms with E-state index >= 15 is 0 Å². The molecular weight excluding hydrogens is 248 g/mol. The number of halogens is 1. The average Bonchev–Trinajstić information content (AvgIpc) is 2.75. The normalized spacial score (nSPS) is 23.0. The van der Waals surface area contributed by atoms with Crippen molar-refractivity contribution in [2.24, 2.45) is 11.8 Å². The smallest absolute Gasteiger partial charge is 0.252 e. The highest BCUT2D eigenvalue weighted by atomic mass is 35.5. The molecule has 2 unspecified atom stereocenters. The summed E-state index contributed by atoms with van der Waals surface area (Å²) >= 11 is 6.00. The molecule has 18 heavy (non-hydrogen) atoms. The summed E-state index contributed by atoms with van der Waals surface area (Å²) in [6.45, 7) is 2.97. The summed E-state index contributed by atoms with van der Waals surface area (Å²) in [6.07, 6.45) is 3.73. The van der Waals surface area contributed by atoms with Crippen LogP contribution in [0, 0.1) is 11.8 Å². The van der Waals surface area contributed by atoms with Crippen molar-refractivity contribution in [3.63, 3.8) is 0 Å². The second-order valence-electron chi connectivity index (χ2n) is 5.12. The molecule has 0 aliphatic heterocycles. The minimum atomic E-state index is -0.133. The second-order valence-corrected chi connectivity index (χ2v) is 5.52. The van der Waals surface area contributed by atoms with E-state index in [9.17, 15) is 4.79 Å². The first-order valence-electron chi connectivity index (χ1n) is 6.41. The molecule has 1 fully saturated rings. The SMILES string of the molecule is CC1CCCC1CNC(=O)c1cc(N)ccc1Cl. The Morgan fingerprint density at radius 1 is 1.50 bits per heavy atom. The molecule has 0 heterocycles. The lowest BCUT2D eigenvalue weighted by molar-refractivity contribution is 0.0945. The molecule has 1 aliphatic rings. The van der Waals surface area contributed by atoms with Gasteiger partial charge in [0.25, 0.3) is 5.91 Å². The van der Waals surface area contributed by atoms with Crippen molar-refractivity contribution in [3.8, 4) is 0 Å². The molecule has 0 bridgehead atoms. The fraction of sp³-hybridized carbons (Fsp3) is 0.500. The molecule has 0 aromatic heterocycles.